The molecule has 2 N–H and O–H groups in total. The summed E-state index contributed by atoms with van der Waals surface area (Å²) in [6.45, 7) is 5.96. The van der Waals surface area contributed by atoms with Gasteiger partial charge in [-0.1, -0.05) is 12.1 Å². The molecular weight excluding hydrogens is 212 g/mol. The van der Waals surface area contributed by atoms with Crippen LogP contribution in [0.1, 0.15) is 16.8 Å². The molecule has 1 heterocycles. The van der Waals surface area contributed by atoms with Crippen molar-refractivity contribution in [3.63, 3.8) is 0 Å². The average Bonchev–Trinajstić information content (AvgIpc) is 2.22. The van der Waals surface area contributed by atoms with E-state index in [1.807, 2.05) is 26.8 Å². The highest BCUT2D eigenvalue weighted by molar-refractivity contribution is 5.63. The van der Waals surface area contributed by atoms with Crippen molar-refractivity contribution in [3.8, 4) is 0 Å². The monoisotopic (exact) mass is 228 g/mol. The molecule has 0 aliphatic rings. The van der Waals surface area contributed by atoms with E-state index < -0.39 is 0 Å². The van der Waals surface area contributed by atoms with Crippen LogP contribution in [0.25, 0.3) is 0 Å². The average molecular weight is 228 g/mol. The van der Waals surface area contributed by atoms with Crippen LogP contribution in [0.3, 0.4) is 0 Å². The summed E-state index contributed by atoms with van der Waals surface area (Å²) < 4.78 is 0. The standard InChI is InChI=1S/C14H16N2O/c1-9-4-5-10(2)13(6-9)16-12-7-11(3)15-14(17)8-12/h4-8H,1-3H3,(H2,15,16,17). The first-order valence-electron chi connectivity index (χ1n) is 5.60. The first kappa shape index (κ1) is 11.5. The van der Waals surface area contributed by atoms with Gasteiger partial charge in [-0.2, -0.15) is 0 Å². The molecule has 0 saturated heterocycles. The van der Waals surface area contributed by atoms with E-state index in [2.05, 4.69) is 28.5 Å². The number of rotatable bonds is 2. The molecule has 0 radical (unpaired) electrons. The number of H-pyrrole nitrogens is 1. The lowest BCUT2D eigenvalue weighted by molar-refractivity contribution is 1.14. The second kappa shape index (κ2) is 4.45. The number of aromatic amines is 1. The smallest absolute Gasteiger partial charge is 0.250 e. The minimum atomic E-state index is -0.0854. The van der Waals surface area contributed by atoms with Gasteiger partial charge in [-0.15, -0.1) is 0 Å². The van der Waals surface area contributed by atoms with Crippen molar-refractivity contribution in [1.82, 2.24) is 4.98 Å². The third-order valence-electron chi connectivity index (χ3n) is 2.65. The normalized spacial score (nSPS) is 10.3. The molecule has 0 amide bonds. The van der Waals surface area contributed by atoms with Crippen molar-refractivity contribution in [2.45, 2.75) is 20.8 Å². The lowest BCUT2D eigenvalue weighted by atomic mass is 10.1. The first-order chi connectivity index (χ1) is 8.04. The topological polar surface area (TPSA) is 44.9 Å². The van der Waals surface area contributed by atoms with Crippen LogP contribution in [-0.4, -0.2) is 4.98 Å². The van der Waals surface area contributed by atoms with Gasteiger partial charge >= 0.3 is 0 Å². The summed E-state index contributed by atoms with van der Waals surface area (Å²) in [6, 6.07) is 9.70. The van der Waals surface area contributed by atoms with Crippen molar-refractivity contribution < 1.29 is 0 Å². The fourth-order valence-corrected chi connectivity index (χ4v) is 1.78. The van der Waals surface area contributed by atoms with E-state index in [1.165, 1.54) is 5.56 Å². The Labute approximate surface area is 101 Å². The van der Waals surface area contributed by atoms with E-state index in [0.717, 1.165) is 22.6 Å². The molecular formula is C14H16N2O. The summed E-state index contributed by atoms with van der Waals surface area (Å²) in [6.07, 6.45) is 0. The van der Waals surface area contributed by atoms with Crippen molar-refractivity contribution in [2.75, 3.05) is 5.32 Å². The number of hydrogen-bond acceptors (Lipinski definition) is 2. The maximum Gasteiger partial charge on any atom is 0.250 e. The van der Waals surface area contributed by atoms with E-state index >= 15 is 0 Å². The number of benzene rings is 1. The molecule has 0 spiro atoms. The van der Waals surface area contributed by atoms with Crippen molar-refractivity contribution >= 4 is 11.4 Å². The Morgan fingerprint density at radius 3 is 2.53 bits per heavy atom. The van der Waals surface area contributed by atoms with Crippen LogP contribution in [-0.2, 0) is 0 Å². The molecule has 1 aromatic heterocycles. The van der Waals surface area contributed by atoms with Gasteiger partial charge in [0.15, 0.2) is 0 Å². The molecule has 0 atom stereocenters. The molecule has 3 nitrogen and oxygen atoms in total. The molecule has 0 unspecified atom stereocenters. The van der Waals surface area contributed by atoms with Crippen LogP contribution in [0.15, 0.2) is 35.1 Å². The maximum atomic E-state index is 11.4. The fourth-order valence-electron chi connectivity index (χ4n) is 1.78. The molecule has 88 valence electrons. The quantitative estimate of drug-likeness (QED) is 0.829. The Kier molecular flexibility index (Phi) is 3.00. The van der Waals surface area contributed by atoms with Crippen LogP contribution in [0.4, 0.5) is 11.4 Å². The largest absolute Gasteiger partial charge is 0.355 e. The summed E-state index contributed by atoms with van der Waals surface area (Å²) in [5, 5.41) is 3.27. The first-order valence-corrected chi connectivity index (χ1v) is 5.60. The molecule has 3 heteroatoms. The van der Waals surface area contributed by atoms with Crippen LogP contribution < -0.4 is 10.9 Å². The molecule has 0 saturated carbocycles. The lowest BCUT2D eigenvalue weighted by Crippen LogP contribution is -2.07. The van der Waals surface area contributed by atoms with Gasteiger partial charge < -0.3 is 10.3 Å². The van der Waals surface area contributed by atoms with Crippen LogP contribution in [0, 0.1) is 20.8 Å². The van der Waals surface area contributed by atoms with Gasteiger partial charge in [-0.25, -0.2) is 0 Å². The number of pyridine rings is 1. The molecule has 0 aliphatic carbocycles. The third-order valence-corrected chi connectivity index (χ3v) is 2.65. The minimum absolute atomic E-state index is 0.0854. The minimum Gasteiger partial charge on any atom is -0.355 e. The van der Waals surface area contributed by atoms with E-state index in [-0.39, 0.29) is 5.56 Å². The van der Waals surface area contributed by atoms with Crippen LogP contribution in [0.2, 0.25) is 0 Å². The fraction of sp³-hybridized carbons (Fsp3) is 0.214. The summed E-state index contributed by atoms with van der Waals surface area (Å²) in [4.78, 5) is 14.1. The van der Waals surface area contributed by atoms with E-state index in [1.54, 1.807) is 6.07 Å². The van der Waals surface area contributed by atoms with Gasteiger partial charge in [0.25, 0.3) is 0 Å². The molecule has 0 bridgehead atoms. The number of aromatic nitrogens is 1. The zero-order valence-corrected chi connectivity index (χ0v) is 10.3. The Balaban J connectivity index is 2.37. The zero-order valence-electron chi connectivity index (χ0n) is 10.3. The van der Waals surface area contributed by atoms with Gasteiger partial charge in [0.05, 0.1) is 0 Å². The maximum absolute atomic E-state index is 11.4. The third kappa shape index (κ3) is 2.75. The highest BCUT2D eigenvalue weighted by atomic mass is 16.1. The number of hydrogen-bond donors (Lipinski definition) is 2. The Morgan fingerprint density at radius 2 is 1.82 bits per heavy atom. The Morgan fingerprint density at radius 1 is 1.06 bits per heavy atom. The zero-order chi connectivity index (χ0) is 12.4. The van der Waals surface area contributed by atoms with E-state index in [0.29, 0.717) is 0 Å². The molecule has 0 aliphatic heterocycles. The number of nitrogens with one attached hydrogen (secondary N) is 2. The van der Waals surface area contributed by atoms with Gasteiger partial charge in [0.2, 0.25) is 5.56 Å². The molecule has 2 rings (SSSR count). The summed E-state index contributed by atoms with van der Waals surface area (Å²) in [7, 11) is 0. The van der Waals surface area contributed by atoms with Gasteiger partial charge in [0.1, 0.15) is 0 Å². The van der Waals surface area contributed by atoms with Gasteiger partial charge in [-0.3, -0.25) is 4.79 Å². The SMILES string of the molecule is Cc1ccc(C)c(Nc2cc(C)[nH]c(=O)c2)c1. The van der Waals surface area contributed by atoms with Crippen LogP contribution in [0.5, 0.6) is 0 Å². The highest BCUT2D eigenvalue weighted by Crippen LogP contribution is 2.21. The summed E-state index contributed by atoms with van der Waals surface area (Å²) in [5.74, 6) is 0. The summed E-state index contributed by atoms with van der Waals surface area (Å²) >= 11 is 0. The van der Waals surface area contributed by atoms with Crippen LogP contribution >= 0.6 is 0 Å². The van der Waals surface area contributed by atoms with Crippen molar-refractivity contribution in [2.24, 2.45) is 0 Å². The molecule has 2 aromatic rings. The number of aryl methyl sites for hydroxylation is 3. The van der Waals surface area contributed by atoms with Gasteiger partial charge in [0, 0.05) is 23.1 Å². The lowest BCUT2D eigenvalue weighted by Gasteiger charge is -2.10. The Hall–Kier alpha value is -2.03. The number of anilines is 2. The predicted molar refractivity (Wildman–Crippen MR) is 71.0 cm³/mol. The van der Waals surface area contributed by atoms with Crippen molar-refractivity contribution in [1.29, 1.82) is 0 Å². The van der Waals surface area contributed by atoms with Gasteiger partial charge in [-0.05, 0) is 44.0 Å². The highest BCUT2D eigenvalue weighted by Gasteiger charge is 2.01. The second-order valence-corrected chi connectivity index (χ2v) is 4.36. The van der Waals surface area contributed by atoms with Crippen molar-refractivity contribution in [3.05, 3.63) is 57.5 Å². The molecule has 1 aromatic carbocycles. The second-order valence-electron chi connectivity index (χ2n) is 4.36. The van der Waals surface area contributed by atoms with E-state index in [4.69, 9.17) is 0 Å². The van der Waals surface area contributed by atoms with E-state index in [9.17, 15) is 4.79 Å². The Bertz CT molecular complexity index is 599. The predicted octanol–water partition coefficient (Wildman–Crippen LogP) is 3.04. The summed E-state index contributed by atoms with van der Waals surface area (Å²) in [5.41, 5.74) is 4.98. The molecule has 0 fully saturated rings. The molecule has 17 heavy (non-hydrogen) atoms.